The smallest absolute Gasteiger partial charge is 0.157 e. The second-order valence-corrected chi connectivity index (χ2v) is 5.63. The van der Waals surface area contributed by atoms with Crippen LogP contribution in [0.1, 0.15) is 30.9 Å². The molecule has 0 fully saturated rings. The largest absolute Gasteiger partial charge is 0.361 e. The summed E-state index contributed by atoms with van der Waals surface area (Å²) in [5.74, 6) is 0. The van der Waals surface area contributed by atoms with Crippen LogP contribution in [0.5, 0.6) is 0 Å². The number of nitrogens with one attached hydrogen (secondary N) is 1. The fraction of sp³-hybridized carbons (Fsp3) is 0.429. The van der Waals surface area contributed by atoms with Crippen molar-refractivity contribution in [2.45, 2.75) is 31.6 Å². The summed E-state index contributed by atoms with van der Waals surface area (Å²) >= 11 is 1.84. The van der Waals surface area contributed by atoms with Gasteiger partial charge in [0, 0.05) is 11.8 Å². The molecule has 2 rings (SSSR count). The van der Waals surface area contributed by atoms with Gasteiger partial charge in [0.2, 0.25) is 0 Å². The Morgan fingerprint density at radius 3 is 3.22 bits per heavy atom. The molecule has 1 aliphatic heterocycles. The summed E-state index contributed by atoms with van der Waals surface area (Å²) in [4.78, 5) is 4.50. The quantitative estimate of drug-likeness (QED) is 0.904. The first-order valence-electron chi connectivity index (χ1n) is 6.26. The molecular weight excluding hydrogens is 242 g/mol. The Labute approximate surface area is 112 Å². The maximum absolute atomic E-state index is 8.84. The predicted octanol–water partition coefficient (Wildman–Crippen LogP) is 2.92. The van der Waals surface area contributed by atoms with E-state index in [1.807, 2.05) is 36.0 Å². The monoisotopic (exact) mass is 259 g/mol. The van der Waals surface area contributed by atoms with Crippen molar-refractivity contribution >= 4 is 16.9 Å². The van der Waals surface area contributed by atoms with Gasteiger partial charge in [0.15, 0.2) is 5.17 Å². The number of hydrogen-bond donors (Lipinski definition) is 1. The predicted molar refractivity (Wildman–Crippen MR) is 76.6 cm³/mol. The number of aliphatic imine (C=N–C) groups is 1. The first-order valence-corrected chi connectivity index (χ1v) is 7.13. The third-order valence-electron chi connectivity index (χ3n) is 2.83. The number of amidine groups is 1. The highest BCUT2D eigenvalue weighted by molar-refractivity contribution is 8.14. The van der Waals surface area contributed by atoms with Crippen molar-refractivity contribution in [2.24, 2.45) is 4.99 Å². The molecule has 0 spiro atoms. The number of nitrogens with zero attached hydrogens (tertiary/aromatic N) is 2. The molecule has 0 amide bonds. The lowest BCUT2D eigenvalue weighted by atomic mass is 10.1. The summed E-state index contributed by atoms with van der Waals surface area (Å²) in [6.45, 7) is 3.87. The van der Waals surface area contributed by atoms with Crippen LogP contribution in [0.15, 0.2) is 29.3 Å². The molecule has 1 aliphatic rings. The summed E-state index contributed by atoms with van der Waals surface area (Å²) in [6, 6.07) is 9.83. The van der Waals surface area contributed by atoms with Gasteiger partial charge >= 0.3 is 0 Å². The van der Waals surface area contributed by atoms with Gasteiger partial charge in [-0.25, -0.2) is 0 Å². The molecule has 0 aromatic heterocycles. The van der Waals surface area contributed by atoms with Crippen molar-refractivity contribution in [1.82, 2.24) is 5.32 Å². The van der Waals surface area contributed by atoms with Crippen molar-refractivity contribution in [3.05, 3.63) is 35.4 Å². The van der Waals surface area contributed by atoms with E-state index in [-0.39, 0.29) is 0 Å². The van der Waals surface area contributed by atoms with Crippen LogP contribution in [0.2, 0.25) is 0 Å². The van der Waals surface area contributed by atoms with Gasteiger partial charge in [-0.05, 0) is 24.1 Å². The Morgan fingerprint density at radius 1 is 1.56 bits per heavy atom. The summed E-state index contributed by atoms with van der Waals surface area (Å²) in [5.41, 5.74) is 1.83. The van der Waals surface area contributed by atoms with E-state index in [1.54, 1.807) is 0 Å². The lowest BCUT2D eigenvalue weighted by Crippen LogP contribution is -2.18. The first-order chi connectivity index (χ1) is 8.81. The molecular formula is C14H17N3S. The molecule has 1 N–H and O–H groups in total. The second-order valence-electron chi connectivity index (χ2n) is 4.34. The SMILES string of the molecule is CCCC1CN=C(NCc2cccc(C#N)c2)S1. The minimum Gasteiger partial charge on any atom is -0.361 e. The summed E-state index contributed by atoms with van der Waals surface area (Å²) in [5, 5.41) is 13.9. The Kier molecular flexibility index (Phi) is 4.66. The molecule has 18 heavy (non-hydrogen) atoms. The van der Waals surface area contributed by atoms with Gasteiger partial charge in [-0.15, -0.1) is 0 Å². The maximum atomic E-state index is 8.84. The summed E-state index contributed by atoms with van der Waals surface area (Å²) in [6.07, 6.45) is 2.44. The topological polar surface area (TPSA) is 48.2 Å². The van der Waals surface area contributed by atoms with E-state index in [1.165, 1.54) is 12.8 Å². The van der Waals surface area contributed by atoms with Crippen LogP contribution in [-0.4, -0.2) is 17.0 Å². The van der Waals surface area contributed by atoms with E-state index in [0.717, 1.165) is 23.8 Å². The van der Waals surface area contributed by atoms with Gasteiger partial charge in [-0.1, -0.05) is 37.2 Å². The summed E-state index contributed by atoms with van der Waals surface area (Å²) in [7, 11) is 0. The van der Waals surface area contributed by atoms with E-state index >= 15 is 0 Å². The van der Waals surface area contributed by atoms with Gasteiger partial charge in [0.05, 0.1) is 18.2 Å². The molecule has 3 nitrogen and oxygen atoms in total. The Balaban J connectivity index is 1.84. The standard InChI is InChI=1S/C14H17N3S/c1-2-4-13-10-17-14(18-13)16-9-12-6-3-5-11(7-12)8-15/h3,5-7,13H,2,4,9-10H2,1H3,(H,16,17). The average molecular weight is 259 g/mol. The highest BCUT2D eigenvalue weighted by Crippen LogP contribution is 2.23. The lowest BCUT2D eigenvalue weighted by molar-refractivity contribution is 0.753. The number of thioether (sulfide) groups is 1. The molecule has 0 radical (unpaired) electrons. The van der Waals surface area contributed by atoms with E-state index in [4.69, 9.17) is 5.26 Å². The Bertz CT molecular complexity index is 476. The maximum Gasteiger partial charge on any atom is 0.157 e. The molecule has 1 aromatic carbocycles. The third kappa shape index (κ3) is 3.51. The van der Waals surface area contributed by atoms with Crippen LogP contribution in [0.4, 0.5) is 0 Å². The first kappa shape index (κ1) is 13.0. The normalized spacial score (nSPS) is 18.2. The lowest BCUT2D eigenvalue weighted by Gasteiger charge is -2.08. The second kappa shape index (κ2) is 6.46. The minimum atomic E-state index is 0.642. The molecule has 0 bridgehead atoms. The zero-order valence-corrected chi connectivity index (χ0v) is 11.3. The fourth-order valence-electron chi connectivity index (χ4n) is 1.92. The van der Waals surface area contributed by atoms with Gasteiger partial charge < -0.3 is 5.32 Å². The van der Waals surface area contributed by atoms with Crippen LogP contribution < -0.4 is 5.32 Å². The van der Waals surface area contributed by atoms with Crippen LogP contribution >= 0.6 is 11.8 Å². The van der Waals surface area contributed by atoms with E-state index in [9.17, 15) is 0 Å². The molecule has 4 heteroatoms. The van der Waals surface area contributed by atoms with Gasteiger partial charge in [0.25, 0.3) is 0 Å². The highest BCUT2D eigenvalue weighted by Gasteiger charge is 2.18. The van der Waals surface area contributed by atoms with Crippen LogP contribution in [0, 0.1) is 11.3 Å². The van der Waals surface area contributed by atoms with Crippen LogP contribution in [0.25, 0.3) is 0 Å². The van der Waals surface area contributed by atoms with Crippen LogP contribution in [0.3, 0.4) is 0 Å². The molecule has 0 aliphatic carbocycles. The molecule has 1 unspecified atom stereocenters. The minimum absolute atomic E-state index is 0.642. The van der Waals surface area contributed by atoms with Gasteiger partial charge in [-0.3, -0.25) is 4.99 Å². The third-order valence-corrected chi connectivity index (χ3v) is 4.04. The van der Waals surface area contributed by atoms with Crippen LogP contribution in [-0.2, 0) is 6.54 Å². The van der Waals surface area contributed by atoms with Crippen molar-refractivity contribution in [1.29, 1.82) is 5.26 Å². The molecule has 1 heterocycles. The molecule has 1 atom stereocenters. The number of nitriles is 1. The Morgan fingerprint density at radius 2 is 2.44 bits per heavy atom. The number of benzene rings is 1. The van der Waals surface area contributed by atoms with Crippen molar-refractivity contribution in [2.75, 3.05) is 6.54 Å². The fourth-order valence-corrected chi connectivity index (χ4v) is 3.04. The van der Waals surface area contributed by atoms with Crippen molar-refractivity contribution in [3.8, 4) is 6.07 Å². The van der Waals surface area contributed by atoms with E-state index < -0.39 is 0 Å². The van der Waals surface area contributed by atoms with Gasteiger partial charge in [-0.2, -0.15) is 5.26 Å². The highest BCUT2D eigenvalue weighted by atomic mass is 32.2. The van der Waals surface area contributed by atoms with Crippen molar-refractivity contribution in [3.63, 3.8) is 0 Å². The van der Waals surface area contributed by atoms with Crippen molar-refractivity contribution < 1.29 is 0 Å². The van der Waals surface area contributed by atoms with E-state index in [2.05, 4.69) is 23.3 Å². The number of rotatable bonds is 4. The van der Waals surface area contributed by atoms with E-state index in [0.29, 0.717) is 10.8 Å². The zero-order valence-electron chi connectivity index (χ0n) is 10.5. The Hall–Kier alpha value is -1.47. The molecule has 1 aromatic rings. The molecule has 94 valence electrons. The average Bonchev–Trinajstić information content (AvgIpc) is 2.85. The van der Waals surface area contributed by atoms with Gasteiger partial charge in [0.1, 0.15) is 0 Å². The zero-order chi connectivity index (χ0) is 12.8. The summed E-state index contributed by atoms with van der Waals surface area (Å²) < 4.78 is 0. The molecule has 0 saturated heterocycles. The number of hydrogen-bond acceptors (Lipinski definition) is 4. The molecule has 0 saturated carbocycles.